The van der Waals surface area contributed by atoms with Crippen molar-refractivity contribution in [2.45, 2.75) is 12.6 Å². The van der Waals surface area contributed by atoms with Crippen LogP contribution in [0.1, 0.15) is 12.0 Å². The van der Waals surface area contributed by atoms with Crippen LogP contribution in [0.4, 0.5) is 34.1 Å². The maximum atomic E-state index is 12.7. The van der Waals surface area contributed by atoms with Crippen LogP contribution in [0, 0.1) is 0 Å². The SMILES string of the molecule is CN(C)CCN(CCCNC(=O)Nc1cccc(Cl)c1)C(=O)Nc1ccc(C(F)(F)F)cc1. The third-order valence-corrected chi connectivity index (χ3v) is 4.78. The summed E-state index contributed by atoms with van der Waals surface area (Å²) in [4.78, 5) is 28.1. The number of nitrogens with one attached hydrogen (secondary N) is 3. The number of rotatable bonds is 9. The molecule has 0 spiro atoms. The maximum absolute atomic E-state index is 12.7. The molecule has 2 aromatic carbocycles. The first-order valence-electron chi connectivity index (χ1n) is 10.2. The Morgan fingerprint density at radius 2 is 1.64 bits per heavy atom. The summed E-state index contributed by atoms with van der Waals surface area (Å²) in [7, 11) is 3.74. The monoisotopic (exact) mass is 485 g/mol. The first-order valence-corrected chi connectivity index (χ1v) is 10.6. The summed E-state index contributed by atoms with van der Waals surface area (Å²) in [6, 6.07) is 10.2. The Labute approximate surface area is 195 Å². The van der Waals surface area contributed by atoms with Gasteiger partial charge in [-0.3, -0.25) is 0 Å². The zero-order chi connectivity index (χ0) is 24.4. The molecule has 180 valence electrons. The number of carbonyl (C=O) groups excluding carboxylic acids is 2. The molecule has 2 aromatic rings. The molecule has 2 rings (SSSR count). The molecule has 0 aromatic heterocycles. The summed E-state index contributed by atoms with van der Waals surface area (Å²) in [5.74, 6) is 0. The van der Waals surface area contributed by atoms with Gasteiger partial charge in [0.15, 0.2) is 0 Å². The highest BCUT2D eigenvalue weighted by Crippen LogP contribution is 2.29. The fourth-order valence-corrected chi connectivity index (χ4v) is 2.98. The number of hydrogen-bond donors (Lipinski definition) is 3. The Balaban J connectivity index is 1.85. The minimum absolute atomic E-state index is 0.266. The Bertz CT molecular complexity index is 923. The third-order valence-electron chi connectivity index (χ3n) is 4.54. The Kier molecular flexibility index (Phi) is 9.80. The van der Waals surface area contributed by atoms with Crippen LogP contribution in [-0.2, 0) is 6.18 Å². The van der Waals surface area contributed by atoms with Crippen molar-refractivity contribution in [3.8, 4) is 0 Å². The third kappa shape index (κ3) is 9.58. The number of alkyl halides is 3. The normalized spacial score (nSPS) is 11.2. The van der Waals surface area contributed by atoms with E-state index in [1.807, 2.05) is 19.0 Å². The van der Waals surface area contributed by atoms with E-state index in [0.717, 1.165) is 12.1 Å². The van der Waals surface area contributed by atoms with Gasteiger partial charge in [0.05, 0.1) is 5.56 Å². The molecule has 0 aliphatic heterocycles. The standard InChI is InChI=1S/C22H27ClF3N5O2/c1-30(2)13-14-31(21(33)29-18-9-7-16(8-10-18)22(24,25)26)12-4-11-27-20(32)28-19-6-3-5-17(23)15-19/h3,5-10,15H,4,11-14H2,1-2H3,(H,29,33)(H2,27,28,32). The van der Waals surface area contributed by atoms with Crippen LogP contribution < -0.4 is 16.0 Å². The predicted molar refractivity (Wildman–Crippen MR) is 124 cm³/mol. The lowest BCUT2D eigenvalue weighted by molar-refractivity contribution is -0.137. The Morgan fingerprint density at radius 3 is 2.24 bits per heavy atom. The van der Waals surface area contributed by atoms with E-state index >= 15 is 0 Å². The molecule has 0 saturated heterocycles. The van der Waals surface area contributed by atoms with Gasteiger partial charge in [0.2, 0.25) is 0 Å². The summed E-state index contributed by atoms with van der Waals surface area (Å²) in [5, 5.41) is 8.50. The van der Waals surface area contributed by atoms with Crippen molar-refractivity contribution >= 4 is 35.0 Å². The van der Waals surface area contributed by atoms with Gasteiger partial charge in [0, 0.05) is 42.6 Å². The van der Waals surface area contributed by atoms with Crippen LogP contribution in [0.5, 0.6) is 0 Å². The average molecular weight is 486 g/mol. The summed E-state index contributed by atoms with van der Waals surface area (Å²) < 4.78 is 38.1. The van der Waals surface area contributed by atoms with Gasteiger partial charge in [-0.05, 0) is 63.0 Å². The highest BCUT2D eigenvalue weighted by molar-refractivity contribution is 6.30. The van der Waals surface area contributed by atoms with Crippen LogP contribution in [0.2, 0.25) is 5.02 Å². The summed E-state index contributed by atoms with van der Waals surface area (Å²) >= 11 is 5.89. The van der Waals surface area contributed by atoms with Crippen molar-refractivity contribution in [3.05, 3.63) is 59.1 Å². The molecule has 11 heteroatoms. The van der Waals surface area contributed by atoms with Crippen molar-refractivity contribution in [3.63, 3.8) is 0 Å². The fraction of sp³-hybridized carbons (Fsp3) is 0.364. The minimum atomic E-state index is -4.44. The molecular weight excluding hydrogens is 459 g/mol. The van der Waals surface area contributed by atoms with Crippen LogP contribution in [-0.4, -0.2) is 62.1 Å². The molecule has 0 aliphatic rings. The number of benzene rings is 2. The van der Waals surface area contributed by atoms with Gasteiger partial charge in [-0.1, -0.05) is 17.7 Å². The second kappa shape index (κ2) is 12.3. The Morgan fingerprint density at radius 1 is 0.939 bits per heavy atom. The minimum Gasteiger partial charge on any atom is -0.338 e. The molecule has 4 amide bonds. The van der Waals surface area contributed by atoms with Gasteiger partial charge in [-0.15, -0.1) is 0 Å². The van der Waals surface area contributed by atoms with E-state index in [2.05, 4.69) is 16.0 Å². The molecule has 3 N–H and O–H groups in total. The summed E-state index contributed by atoms with van der Waals surface area (Å²) in [5.41, 5.74) is 0.0393. The smallest absolute Gasteiger partial charge is 0.338 e. The van der Waals surface area contributed by atoms with Gasteiger partial charge in [-0.2, -0.15) is 13.2 Å². The number of halogens is 4. The van der Waals surface area contributed by atoms with Crippen LogP contribution in [0.3, 0.4) is 0 Å². The zero-order valence-corrected chi connectivity index (χ0v) is 19.1. The molecule has 0 bridgehead atoms. The molecule has 0 fully saturated rings. The molecular formula is C22H27ClF3N5O2. The second-order valence-electron chi connectivity index (χ2n) is 7.54. The van der Waals surface area contributed by atoms with Gasteiger partial charge in [0.1, 0.15) is 0 Å². The highest BCUT2D eigenvalue weighted by atomic mass is 35.5. The topological polar surface area (TPSA) is 76.7 Å². The molecule has 0 heterocycles. The number of hydrogen-bond acceptors (Lipinski definition) is 3. The molecule has 0 aliphatic carbocycles. The molecule has 7 nitrogen and oxygen atoms in total. The van der Waals surface area contributed by atoms with Crippen molar-refractivity contribution in [2.75, 3.05) is 50.9 Å². The van der Waals surface area contributed by atoms with Gasteiger partial charge in [-0.25, -0.2) is 9.59 Å². The number of carbonyl (C=O) groups is 2. The summed E-state index contributed by atoms with van der Waals surface area (Å²) in [6.45, 7) is 1.67. The first-order chi connectivity index (χ1) is 15.5. The lowest BCUT2D eigenvalue weighted by Gasteiger charge is -2.25. The van der Waals surface area contributed by atoms with E-state index in [-0.39, 0.29) is 5.69 Å². The lowest BCUT2D eigenvalue weighted by atomic mass is 10.2. The summed E-state index contributed by atoms with van der Waals surface area (Å²) in [6.07, 6.45) is -3.96. The maximum Gasteiger partial charge on any atom is 0.416 e. The predicted octanol–water partition coefficient (Wildman–Crippen LogP) is 4.97. The van der Waals surface area contributed by atoms with Gasteiger partial charge < -0.3 is 25.8 Å². The molecule has 0 unspecified atom stereocenters. The van der Waals surface area contributed by atoms with Crippen LogP contribution in [0.25, 0.3) is 0 Å². The molecule has 0 saturated carbocycles. The van der Waals surface area contributed by atoms with E-state index < -0.39 is 23.8 Å². The number of nitrogens with zero attached hydrogens (tertiary/aromatic N) is 2. The van der Waals surface area contributed by atoms with E-state index in [1.165, 1.54) is 12.1 Å². The first kappa shape index (κ1) is 26.3. The Hall–Kier alpha value is -2.98. The van der Waals surface area contributed by atoms with Crippen molar-refractivity contribution in [2.24, 2.45) is 0 Å². The lowest BCUT2D eigenvalue weighted by Crippen LogP contribution is -2.41. The van der Waals surface area contributed by atoms with Gasteiger partial charge in [0.25, 0.3) is 0 Å². The van der Waals surface area contributed by atoms with Crippen molar-refractivity contribution < 1.29 is 22.8 Å². The van der Waals surface area contributed by atoms with E-state index in [1.54, 1.807) is 29.2 Å². The highest BCUT2D eigenvalue weighted by Gasteiger charge is 2.30. The van der Waals surface area contributed by atoms with Crippen LogP contribution >= 0.6 is 11.6 Å². The fourth-order valence-electron chi connectivity index (χ4n) is 2.79. The average Bonchev–Trinajstić information content (AvgIpc) is 2.72. The number of amides is 4. The van der Waals surface area contributed by atoms with Crippen LogP contribution in [0.15, 0.2) is 48.5 Å². The quantitative estimate of drug-likeness (QED) is 0.439. The zero-order valence-electron chi connectivity index (χ0n) is 18.4. The molecule has 0 atom stereocenters. The van der Waals surface area contributed by atoms with E-state index in [0.29, 0.717) is 43.3 Å². The van der Waals surface area contributed by atoms with Crippen molar-refractivity contribution in [1.82, 2.24) is 15.1 Å². The van der Waals surface area contributed by atoms with Gasteiger partial charge >= 0.3 is 18.2 Å². The number of likely N-dealkylation sites (N-methyl/N-ethyl adjacent to an activating group) is 1. The molecule has 0 radical (unpaired) electrons. The van der Waals surface area contributed by atoms with Crippen molar-refractivity contribution in [1.29, 1.82) is 0 Å². The molecule has 33 heavy (non-hydrogen) atoms. The number of urea groups is 2. The van der Waals surface area contributed by atoms with E-state index in [9.17, 15) is 22.8 Å². The van der Waals surface area contributed by atoms with E-state index in [4.69, 9.17) is 11.6 Å². The largest absolute Gasteiger partial charge is 0.416 e. The second-order valence-corrected chi connectivity index (χ2v) is 7.98. The number of anilines is 2.